The van der Waals surface area contributed by atoms with Crippen molar-refractivity contribution in [3.63, 3.8) is 0 Å². The average molecular weight is 492 g/mol. The highest BCUT2D eigenvalue weighted by atomic mass is 16.4. The minimum Gasteiger partial charge on any atom is -0.481 e. The first-order valence-corrected chi connectivity index (χ1v) is 12.7. The Morgan fingerprint density at radius 3 is 1.43 bits per heavy atom. The lowest BCUT2D eigenvalue weighted by atomic mass is 10.0. The van der Waals surface area contributed by atoms with Crippen LogP contribution < -0.4 is 5.32 Å². The molecule has 0 saturated carbocycles. The number of nitrogens with one attached hydrogen (secondary N) is 1. The number of hydrogen-bond acceptors (Lipinski definition) is 4. The number of unbranched alkanes of at least 4 members (excludes halogenated alkanes) is 13. The Kier molecular flexibility index (Phi) is 18.1. The first kappa shape index (κ1) is 32.3. The number of ketones is 1. The lowest BCUT2D eigenvalue weighted by Crippen LogP contribution is -2.12. The van der Waals surface area contributed by atoms with Gasteiger partial charge in [0, 0.05) is 24.1 Å². The molecular weight excluding hydrogens is 446 g/mol. The maximum atomic E-state index is 12.2. The summed E-state index contributed by atoms with van der Waals surface area (Å²) < 4.78 is 0. The Morgan fingerprint density at radius 2 is 1.03 bits per heavy atom. The van der Waals surface area contributed by atoms with E-state index >= 15 is 0 Å². The predicted octanol–water partition coefficient (Wildman–Crippen LogP) is 7.49. The SMILES string of the molecule is C.CC(=O)c1cc(NC(=O)CCCCCCCCCCCCCCCCC(=O)O)cc(C(=O)O)c1. The van der Waals surface area contributed by atoms with Crippen molar-refractivity contribution >= 4 is 29.3 Å². The van der Waals surface area contributed by atoms with Crippen LogP contribution >= 0.6 is 0 Å². The van der Waals surface area contributed by atoms with Crippen molar-refractivity contribution in [2.75, 3.05) is 5.32 Å². The average Bonchev–Trinajstić information content (AvgIpc) is 2.78. The van der Waals surface area contributed by atoms with Crippen molar-refractivity contribution in [2.24, 2.45) is 0 Å². The summed E-state index contributed by atoms with van der Waals surface area (Å²) >= 11 is 0. The quantitative estimate of drug-likeness (QED) is 0.128. The highest BCUT2D eigenvalue weighted by molar-refractivity contribution is 6.00. The molecule has 1 aromatic carbocycles. The second-order valence-electron chi connectivity index (χ2n) is 9.05. The number of carboxylic acids is 2. The highest BCUT2D eigenvalue weighted by Gasteiger charge is 2.11. The molecule has 7 heteroatoms. The van der Waals surface area contributed by atoms with E-state index in [0.717, 1.165) is 38.5 Å². The number of carbonyl (C=O) groups excluding carboxylic acids is 2. The summed E-state index contributed by atoms with van der Waals surface area (Å²) in [5.74, 6) is -2.25. The first-order valence-electron chi connectivity index (χ1n) is 12.7. The standard InChI is InChI=1S/C27H41NO6.CH4/c1-21(29)22-18-23(27(33)34)20-24(19-22)28-25(30)16-14-12-10-8-6-4-2-3-5-7-9-11-13-15-17-26(31)32;/h18-20H,2-17H2,1H3,(H,28,30)(H,31,32)(H,33,34);1H4. The fourth-order valence-electron chi connectivity index (χ4n) is 3.93. The molecule has 7 nitrogen and oxygen atoms in total. The van der Waals surface area contributed by atoms with Gasteiger partial charge in [0.05, 0.1) is 5.56 Å². The van der Waals surface area contributed by atoms with Crippen molar-refractivity contribution < 1.29 is 29.4 Å². The van der Waals surface area contributed by atoms with Gasteiger partial charge in [0.1, 0.15) is 0 Å². The minimum absolute atomic E-state index is 0. The topological polar surface area (TPSA) is 121 Å². The highest BCUT2D eigenvalue weighted by Crippen LogP contribution is 2.17. The molecule has 0 bridgehead atoms. The normalized spacial score (nSPS) is 10.4. The summed E-state index contributed by atoms with van der Waals surface area (Å²) in [6, 6.07) is 4.19. The zero-order valence-corrected chi connectivity index (χ0v) is 20.6. The van der Waals surface area contributed by atoms with Gasteiger partial charge in [-0.25, -0.2) is 4.79 Å². The van der Waals surface area contributed by atoms with Gasteiger partial charge < -0.3 is 15.5 Å². The number of rotatable bonds is 20. The maximum absolute atomic E-state index is 12.2. The van der Waals surface area contributed by atoms with Gasteiger partial charge in [-0.1, -0.05) is 84.5 Å². The Hall–Kier alpha value is -2.70. The second kappa shape index (κ2) is 19.6. The van der Waals surface area contributed by atoms with Crippen molar-refractivity contribution in [3.8, 4) is 0 Å². The van der Waals surface area contributed by atoms with Crippen molar-refractivity contribution in [1.82, 2.24) is 0 Å². The summed E-state index contributed by atoms with van der Waals surface area (Å²) in [5.41, 5.74) is 0.590. The molecule has 0 aliphatic carbocycles. The molecule has 3 N–H and O–H groups in total. The molecule has 0 aliphatic heterocycles. The van der Waals surface area contributed by atoms with Crippen LogP contribution in [0.5, 0.6) is 0 Å². The number of hydrogen-bond donors (Lipinski definition) is 3. The minimum atomic E-state index is -1.14. The number of benzene rings is 1. The van der Waals surface area contributed by atoms with E-state index in [9.17, 15) is 24.3 Å². The molecule has 0 fully saturated rings. The zero-order chi connectivity index (χ0) is 25.2. The molecule has 0 unspecified atom stereocenters. The van der Waals surface area contributed by atoms with Crippen LogP contribution in [0.15, 0.2) is 18.2 Å². The van der Waals surface area contributed by atoms with Crippen molar-refractivity contribution in [1.29, 1.82) is 0 Å². The number of aliphatic carboxylic acids is 1. The third-order valence-corrected chi connectivity index (χ3v) is 5.91. The van der Waals surface area contributed by atoms with Crippen LogP contribution in [0.25, 0.3) is 0 Å². The van der Waals surface area contributed by atoms with Crippen LogP contribution in [0.1, 0.15) is 138 Å². The van der Waals surface area contributed by atoms with Gasteiger partial charge in [0.25, 0.3) is 0 Å². The molecule has 1 aromatic rings. The lowest BCUT2D eigenvalue weighted by Gasteiger charge is -2.08. The molecule has 0 radical (unpaired) electrons. The molecule has 0 aromatic heterocycles. The van der Waals surface area contributed by atoms with E-state index in [0.29, 0.717) is 18.5 Å². The number of aromatic carboxylic acids is 1. The molecule has 0 spiro atoms. The van der Waals surface area contributed by atoms with Crippen LogP contribution in [-0.4, -0.2) is 33.8 Å². The van der Waals surface area contributed by atoms with Gasteiger partial charge in [0.2, 0.25) is 5.91 Å². The van der Waals surface area contributed by atoms with Crippen LogP contribution in [-0.2, 0) is 9.59 Å². The Morgan fingerprint density at radius 1 is 0.629 bits per heavy atom. The summed E-state index contributed by atoms with van der Waals surface area (Å²) in [4.78, 5) is 45.4. The Bertz CT molecular complexity index is 757. The lowest BCUT2D eigenvalue weighted by molar-refractivity contribution is -0.137. The van der Waals surface area contributed by atoms with E-state index in [2.05, 4.69) is 5.32 Å². The van der Waals surface area contributed by atoms with Gasteiger partial charge >= 0.3 is 11.9 Å². The molecule has 0 saturated heterocycles. The van der Waals surface area contributed by atoms with Crippen LogP contribution in [0, 0.1) is 0 Å². The predicted molar refractivity (Wildman–Crippen MR) is 140 cm³/mol. The third-order valence-electron chi connectivity index (χ3n) is 5.91. The number of carbonyl (C=O) groups is 4. The van der Waals surface area contributed by atoms with E-state index in [1.807, 2.05) is 0 Å². The number of amides is 1. The summed E-state index contributed by atoms with van der Waals surface area (Å²) in [6.07, 6.45) is 16.4. The van der Waals surface area contributed by atoms with Crippen LogP contribution in [0.4, 0.5) is 5.69 Å². The third kappa shape index (κ3) is 16.5. The molecule has 35 heavy (non-hydrogen) atoms. The molecule has 198 valence electrons. The van der Waals surface area contributed by atoms with Crippen LogP contribution in [0.2, 0.25) is 0 Å². The fraction of sp³-hybridized carbons (Fsp3) is 0.643. The second-order valence-corrected chi connectivity index (χ2v) is 9.05. The Balaban J connectivity index is 0.0000116. The van der Waals surface area contributed by atoms with E-state index in [-0.39, 0.29) is 30.2 Å². The Labute approximate surface area is 210 Å². The van der Waals surface area contributed by atoms with Gasteiger partial charge in [-0.15, -0.1) is 0 Å². The molecule has 0 atom stereocenters. The van der Waals surface area contributed by atoms with Crippen LogP contribution in [0.3, 0.4) is 0 Å². The molecule has 0 aliphatic rings. The number of carboxylic acid groups (broad SMARTS) is 2. The number of anilines is 1. The van der Waals surface area contributed by atoms with Crippen molar-refractivity contribution in [3.05, 3.63) is 29.3 Å². The van der Waals surface area contributed by atoms with Crippen molar-refractivity contribution in [2.45, 2.75) is 117 Å². The molecule has 1 amide bonds. The molecule has 0 heterocycles. The molecular formula is C28H45NO6. The van der Waals surface area contributed by atoms with E-state index in [1.165, 1.54) is 76.5 Å². The first-order chi connectivity index (χ1) is 16.3. The van der Waals surface area contributed by atoms with E-state index in [4.69, 9.17) is 5.11 Å². The zero-order valence-electron chi connectivity index (χ0n) is 20.6. The van der Waals surface area contributed by atoms with Gasteiger partial charge in [-0.05, 0) is 38.0 Å². The summed E-state index contributed by atoms with van der Waals surface area (Å²) in [7, 11) is 0. The van der Waals surface area contributed by atoms with E-state index < -0.39 is 11.9 Å². The number of Topliss-reactive ketones (excluding diaryl/α,β-unsaturated/α-hetero) is 1. The van der Waals surface area contributed by atoms with Gasteiger partial charge in [-0.2, -0.15) is 0 Å². The maximum Gasteiger partial charge on any atom is 0.335 e. The largest absolute Gasteiger partial charge is 0.481 e. The molecule has 1 rings (SSSR count). The van der Waals surface area contributed by atoms with Gasteiger partial charge in [-0.3, -0.25) is 14.4 Å². The fourth-order valence-corrected chi connectivity index (χ4v) is 3.93. The smallest absolute Gasteiger partial charge is 0.335 e. The summed E-state index contributed by atoms with van der Waals surface area (Å²) in [6.45, 7) is 1.36. The monoisotopic (exact) mass is 491 g/mol. The van der Waals surface area contributed by atoms with E-state index in [1.54, 1.807) is 0 Å². The van der Waals surface area contributed by atoms with Gasteiger partial charge in [0.15, 0.2) is 5.78 Å². The summed E-state index contributed by atoms with van der Waals surface area (Å²) in [5, 5.41) is 20.5.